The normalized spacial score (nSPS) is 10.9. The first kappa shape index (κ1) is 16.3. The summed E-state index contributed by atoms with van der Waals surface area (Å²) in [6.07, 6.45) is 1.82. The fourth-order valence-corrected chi connectivity index (χ4v) is 2.90. The van der Waals surface area contributed by atoms with Crippen LogP contribution >= 0.6 is 38.5 Å². The molecule has 2 aromatic rings. The summed E-state index contributed by atoms with van der Waals surface area (Å²) in [6, 6.07) is 11.9. The number of methoxy groups -OCH3 is 1. The van der Waals surface area contributed by atoms with Crippen molar-refractivity contribution in [2.45, 2.75) is 6.92 Å². The molecule has 0 N–H and O–H groups in total. The van der Waals surface area contributed by atoms with E-state index in [-0.39, 0.29) is 0 Å². The molecular weight excluding hydrogens is 445 g/mol. The summed E-state index contributed by atoms with van der Waals surface area (Å²) in [5.74, 6) is 1.40. The van der Waals surface area contributed by atoms with E-state index in [1.54, 1.807) is 7.11 Å². The summed E-state index contributed by atoms with van der Waals surface area (Å²) in [5.41, 5.74) is 1.89. The second kappa shape index (κ2) is 7.79. The van der Waals surface area contributed by atoms with Crippen molar-refractivity contribution in [3.05, 3.63) is 50.0 Å². The number of para-hydroxylation sites is 1. The standard InChI is InChI=1S/C16H15BrINO2/c1-3-21-16-12(17)8-11(9-15(16)20-2)10-19-14-7-5-4-6-13(14)18/h4-10H,3H2,1-2H3. The monoisotopic (exact) mass is 459 g/mol. The van der Waals surface area contributed by atoms with Gasteiger partial charge in [0.05, 0.1) is 23.9 Å². The topological polar surface area (TPSA) is 30.8 Å². The Morgan fingerprint density at radius 3 is 2.71 bits per heavy atom. The van der Waals surface area contributed by atoms with Crippen LogP contribution < -0.4 is 9.47 Å². The van der Waals surface area contributed by atoms with Crippen LogP contribution in [0.1, 0.15) is 12.5 Å². The molecule has 0 aromatic heterocycles. The Balaban J connectivity index is 2.33. The average molecular weight is 460 g/mol. The second-order valence-electron chi connectivity index (χ2n) is 4.18. The molecule has 0 heterocycles. The SMILES string of the molecule is CCOc1c(Br)cc(C=Nc2ccccc2I)cc1OC. The Kier molecular flexibility index (Phi) is 6.05. The first-order valence-electron chi connectivity index (χ1n) is 6.44. The molecule has 0 spiro atoms. The first-order valence-corrected chi connectivity index (χ1v) is 8.31. The van der Waals surface area contributed by atoms with Crippen LogP contribution in [0.15, 0.2) is 45.9 Å². The quantitative estimate of drug-likeness (QED) is 0.453. The van der Waals surface area contributed by atoms with Gasteiger partial charge in [0.1, 0.15) is 0 Å². The summed E-state index contributed by atoms with van der Waals surface area (Å²) in [7, 11) is 1.63. The van der Waals surface area contributed by atoms with Crippen molar-refractivity contribution in [1.82, 2.24) is 0 Å². The van der Waals surface area contributed by atoms with Gasteiger partial charge in [-0.15, -0.1) is 0 Å². The number of rotatable bonds is 5. The van der Waals surface area contributed by atoms with E-state index in [1.807, 2.05) is 49.5 Å². The summed E-state index contributed by atoms with van der Waals surface area (Å²) < 4.78 is 12.9. The lowest BCUT2D eigenvalue weighted by atomic mass is 10.2. The summed E-state index contributed by atoms with van der Waals surface area (Å²) in [5, 5.41) is 0. The van der Waals surface area contributed by atoms with Crippen LogP contribution in [0.5, 0.6) is 11.5 Å². The van der Waals surface area contributed by atoms with Gasteiger partial charge in [0.25, 0.3) is 0 Å². The molecule has 0 saturated carbocycles. The lowest BCUT2D eigenvalue weighted by molar-refractivity contribution is 0.309. The highest BCUT2D eigenvalue weighted by Crippen LogP contribution is 2.36. The predicted molar refractivity (Wildman–Crippen MR) is 98.3 cm³/mol. The van der Waals surface area contributed by atoms with Crippen LogP contribution in [-0.2, 0) is 0 Å². The van der Waals surface area contributed by atoms with Gasteiger partial charge in [0.2, 0.25) is 0 Å². The van der Waals surface area contributed by atoms with E-state index in [0.29, 0.717) is 18.1 Å². The second-order valence-corrected chi connectivity index (χ2v) is 6.19. The number of nitrogens with zero attached hydrogens (tertiary/aromatic N) is 1. The molecule has 110 valence electrons. The molecule has 0 aliphatic rings. The van der Waals surface area contributed by atoms with Gasteiger partial charge in [-0.1, -0.05) is 12.1 Å². The Morgan fingerprint density at radius 1 is 1.29 bits per heavy atom. The number of halogens is 2. The molecular formula is C16H15BrINO2. The van der Waals surface area contributed by atoms with Crippen molar-refractivity contribution >= 4 is 50.4 Å². The molecule has 0 aliphatic heterocycles. The lowest BCUT2D eigenvalue weighted by Gasteiger charge is -2.12. The van der Waals surface area contributed by atoms with Crippen LogP contribution in [0.25, 0.3) is 0 Å². The van der Waals surface area contributed by atoms with E-state index < -0.39 is 0 Å². The zero-order valence-corrected chi connectivity index (χ0v) is 15.5. The predicted octanol–water partition coefficient (Wildman–Crippen LogP) is 5.21. The minimum atomic E-state index is 0.588. The van der Waals surface area contributed by atoms with E-state index in [1.165, 1.54) is 0 Å². The molecule has 3 nitrogen and oxygen atoms in total. The van der Waals surface area contributed by atoms with Crippen molar-refractivity contribution < 1.29 is 9.47 Å². The highest BCUT2D eigenvalue weighted by Gasteiger charge is 2.10. The Labute approximate surface area is 146 Å². The third kappa shape index (κ3) is 4.20. The maximum Gasteiger partial charge on any atom is 0.175 e. The lowest BCUT2D eigenvalue weighted by Crippen LogP contribution is -1.97. The third-order valence-electron chi connectivity index (χ3n) is 2.75. The maximum atomic E-state index is 5.58. The Hall–Kier alpha value is -1.08. The largest absolute Gasteiger partial charge is 0.493 e. The Bertz CT molecular complexity index is 659. The van der Waals surface area contributed by atoms with Gasteiger partial charge < -0.3 is 9.47 Å². The minimum absolute atomic E-state index is 0.588. The van der Waals surface area contributed by atoms with Gasteiger partial charge in [0.15, 0.2) is 11.5 Å². The molecule has 2 rings (SSSR count). The van der Waals surface area contributed by atoms with Gasteiger partial charge in [-0.25, -0.2) is 0 Å². The molecule has 0 bridgehead atoms. The molecule has 0 atom stereocenters. The van der Waals surface area contributed by atoms with E-state index in [0.717, 1.165) is 19.3 Å². The van der Waals surface area contributed by atoms with Gasteiger partial charge in [-0.05, 0) is 75.3 Å². The van der Waals surface area contributed by atoms with E-state index in [4.69, 9.17) is 9.47 Å². The number of aliphatic imine (C=N–C) groups is 1. The number of hydrogen-bond acceptors (Lipinski definition) is 3. The molecule has 0 amide bonds. The molecule has 0 unspecified atom stereocenters. The fourth-order valence-electron chi connectivity index (χ4n) is 1.80. The Morgan fingerprint density at radius 2 is 2.05 bits per heavy atom. The first-order chi connectivity index (χ1) is 10.2. The molecule has 0 radical (unpaired) electrons. The summed E-state index contributed by atoms with van der Waals surface area (Å²) >= 11 is 5.78. The molecule has 0 saturated heterocycles. The minimum Gasteiger partial charge on any atom is -0.493 e. The number of ether oxygens (including phenoxy) is 2. The highest BCUT2D eigenvalue weighted by molar-refractivity contribution is 14.1. The van der Waals surface area contributed by atoms with Crippen LogP contribution in [0, 0.1) is 3.57 Å². The van der Waals surface area contributed by atoms with E-state index in [9.17, 15) is 0 Å². The van der Waals surface area contributed by atoms with Gasteiger partial charge in [-0.2, -0.15) is 0 Å². The maximum absolute atomic E-state index is 5.58. The van der Waals surface area contributed by atoms with Crippen molar-refractivity contribution in [3.63, 3.8) is 0 Å². The van der Waals surface area contributed by atoms with Crippen LogP contribution in [0.2, 0.25) is 0 Å². The molecule has 5 heteroatoms. The highest BCUT2D eigenvalue weighted by atomic mass is 127. The van der Waals surface area contributed by atoms with Crippen molar-refractivity contribution in [2.75, 3.05) is 13.7 Å². The smallest absolute Gasteiger partial charge is 0.175 e. The van der Waals surface area contributed by atoms with E-state index in [2.05, 4.69) is 43.5 Å². The third-order valence-corrected chi connectivity index (χ3v) is 4.25. The average Bonchev–Trinajstić information content (AvgIpc) is 2.48. The zero-order chi connectivity index (χ0) is 15.2. The van der Waals surface area contributed by atoms with Gasteiger partial charge >= 0.3 is 0 Å². The number of benzene rings is 2. The molecule has 0 aliphatic carbocycles. The zero-order valence-electron chi connectivity index (χ0n) is 11.8. The molecule has 21 heavy (non-hydrogen) atoms. The van der Waals surface area contributed by atoms with Crippen molar-refractivity contribution in [2.24, 2.45) is 4.99 Å². The van der Waals surface area contributed by atoms with Crippen molar-refractivity contribution in [1.29, 1.82) is 0 Å². The van der Waals surface area contributed by atoms with Gasteiger partial charge in [-0.3, -0.25) is 4.99 Å². The fraction of sp³-hybridized carbons (Fsp3) is 0.188. The van der Waals surface area contributed by atoms with Gasteiger partial charge in [0, 0.05) is 9.78 Å². The van der Waals surface area contributed by atoms with Crippen molar-refractivity contribution in [3.8, 4) is 11.5 Å². The van der Waals surface area contributed by atoms with Crippen LogP contribution in [0.4, 0.5) is 5.69 Å². The van der Waals surface area contributed by atoms with Crippen LogP contribution in [-0.4, -0.2) is 19.9 Å². The van der Waals surface area contributed by atoms with E-state index >= 15 is 0 Å². The molecule has 0 fully saturated rings. The molecule has 2 aromatic carbocycles. The number of hydrogen-bond donors (Lipinski definition) is 0. The summed E-state index contributed by atoms with van der Waals surface area (Å²) in [4.78, 5) is 4.52. The summed E-state index contributed by atoms with van der Waals surface area (Å²) in [6.45, 7) is 2.53. The van der Waals surface area contributed by atoms with Crippen LogP contribution in [0.3, 0.4) is 0 Å².